The average Bonchev–Trinajstić information content (AvgIpc) is 1.76. The number of hydrogen-bond donors (Lipinski definition) is 1. The van der Waals surface area contributed by atoms with E-state index in [1.807, 2.05) is 0 Å². The summed E-state index contributed by atoms with van der Waals surface area (Å²) >= 11 is 0. The van der Waals surface area contributed by atoms with E-state index < -0.39 is 0 Å². The van der Waals surface area contributed by atoms with Gasteiger partial charge < -0.3 is 5.32 Å². The van der Waals surface area contributed by atoms with E-state index in [4.69, 9.17) is 0 Å². The van der Waals surface area contributed by atoms with Crippen LogP contribution >= 0.6 is 0 Å². The van der Waals surface area contributed by atoms with Crippen molar-refractivity contribution in [2.24, 2.45) is 0 Å². The lowest BCUT2D eigenvalue weighted by atomic mass is 10.4. The summed E-state index contributed by atoms with van der Waals surface area (Å²) in [5.74, 6) is 0. The molecular formula is C4H13BFN. The molecule has 1 aliphatic rings. The smallest absolute Gasteiger partial charge is 0.0814 e. The van der Waals surface area contributed by atoms with Crippen LogP contribution in [0, 0.1) is 0 Å². The topological polar surface area (TPSA) is 12.0 Å². The first-order valence-corrected chi connectivity index (χ1v) is 2.21. The van der Waals surface area contributed by atoms with E-state index in [9.17, 15) is 0 Å². The monoisotopic (exact) mass is 105 g/mol. The van der Waals surface area contributed by atoms with Crippen LogP contribution in [0.15, 0.2) is 0 Å². The molecule has 1 heterocycles. The van der Waals surface area contributed by atoms with Crippen LogP contribution in [-0.4, -0.2) is 21.5 Å². The zero-order chi connectivity index (χ0) is 3.54. The van der Waals surface area contributed by atoms with Crippen molar-refractivity contribution in [2.75, 3.05) is 13.1 Å². The van der Waals surface area contributed by atoms with Crippen LogP contribution in [-0.2, 0) is 0 Å². The summed E-state index contributed by atoms with van der Waals surface area (Å²) in [5.41, 5.74) is 0. The summed E-state index contributed by atoms with van der Waals surface area (Å²) in [6.07, 6.45) is 2.78. The lowest BCUT2D eigenvalue weighted by Crippen LogP contribution is -2.03. The van der Waals surface area contributed by atoms with Crippen molar-refractivity contribution in [1.82, 2.24) is 5.32 Å². The molecule has 1 aliphatic heterocycles. The van der Waals surface area contributed by atoms with Crippen molar-refractivity contribution >= 4 is 8.41 Å². The average molecular weight is 105 g/mol. The third kappa shape index (κ3) is 3.79. The molecule has 0 unspecified atom stereocenters. The fourth-order valence-corrected chi connectivity index (χ4v) is 0.625. The first kappa shape index (κ1) is 10.0. The van der Waals surface area contributed by atoms with Crippen LogP contribution in [0.25, 0.3) is 0 Å². The Balaban J connectivity index is 0. The van der Waals surface area contributed by atoms with Gasteiger partial charge in [-0.3, -0.25) is 4.70 Å². The van der Waals surface area contributed by atoms with Crippen molar-refractivity contribution < 1.29 is 4.70 Å². The van der Waals surface area contributed by atoms with Crippen molar-refractivity contribution in [1.29, 1.82) is 0 Å². The quantitative estimate of drug-likeness (QED) is 0.403. The van der Waals surface area contributed by atoms with Crippen molar-refractivity contribution in [3.05, 3.63) is 0 Å². The second-order valence-electron chi connectivity index (χ2n) is 1.46. The molecule has 1 saturated heterocycles. The summed E-state index contributed by atoms with van der Waals surface area (Å²) in [4.78, 5) is 0. The predicted molar refractivity (Wildman–Crippen MR) is 34.5 cm³/mol. The van der Waals surface area contributed by atoms with Gasteiger partial charge in [0.25, 0.3) is 0 Å². The highest BCUT2D eigenvalue weighted by molar-refractivity contribution is 5.75. The van der Waals surface area contributed by atoms with Crippen molar-refractivity contribution in [2.45, 2.75) is 12.8 Å². The first-order chi connectivity index (χ1) is 2.50. The number of rotatable bonds is 0. The first-order valence-electron chi connectivity index (χ1n) is 2.21. The zero-order valence-corrected chi connectivity index (χ0v) is 3.74. The molecule has 1 N–H and O–H groups in total. The lowest BCUT2D eigenvalue weighted by Gasteiger charge is -1.76. The molecule has 7 heavy (non-hydrogen) atoms. The van der Waals surface area contributed by atoms with Gasteiger partial charge in [0.2, 0.25) is 0 Å². The van der Waals surface area contributed by atoms with Crippen LogP contribution in [0.4, 0.5) is 4.70 Å². The Morgan fingerprint density at radius 2 is 1.43 bits per heavy atom. The van der Waals surface area contributed by atoms with Gasteiger partial charge in [-0.2, -0.15) is 0 Å². The normalized spacial score (nSPS) is 17.1. The van der Waals surface area contributed by atoms with Crippen molar-refractivity contribution in [3.8, 4) is 0 Å². The SMILES string of the molecule is B.C1CCNC1.F. The summed E-state index contributed by atoms with van der Waals surface area (Å²) in [6.45, 7) is 2.50. The molecule has 0 aromatic carbocycles. The minimum absolute atomic E-state index is 0. The molecule has 0 saturated carbocycles. The number of halogens is 1. The molecule has 0 aromatic heterocycles. The second kappa shape index (κ2) is 5.95. The highest BCUT2D eigenvalue weighted by Gasteiger charge is 1.93. The summed E-state index contributed by atoms with van der Waals surface area (Å²) in [7, 11) is 0. The van der Waals surface area contributed by atoms with Crippen LogP contribution < -0.4 is 5.32 Å². The molecule has 1 fully saturated rings. The standard InChI is InChI=1S/C4H9N.BH3.FH/c1-2-4-5-3-1;;/h5H,1-4H2;1H3;1H. The van der Waals surface area contributed by atoms with Crippen LogP contribution in [0.1, 0.15) is 12.8 Å². The predicted octanol–water partition coefficient (Wildman–Crippen LogP) is -0.662. The van der Waals surface area contributed by atoms with Gasteiger partial charge in [-0.05, 0) is 25.9 Å². The largest absolute Gasteiger partial charge is 0.317 e. The minimum Gasteiger partial charge on any atom is -0.317 e. The maximum Gasteiger partial charge on any atom is 0.0814 e. The summed E-state index contributed by atoms with van der Waals surface area (Å²) in [5, 5.41) is 3.22. The van der Waals surface area contributed by atoms with Gasteiger partial charge in [-0.1, -0.05) is 0 Å². The number of hydrogen-bond acceptors (Lipinski definition) is 1. The summed E-state index contributed by atoms with van der Waals surface area (Å²) < 4.78 is 0. The molecule has 0 radical (unpaired) electrons. The van der Waals surface area contributed by atoms with Crippen LogP contribution in [0.3, 0.4) is 0 Å². The fraction of sp³-hybridized carbons (Fsp3) is 1.00. The molecule has 0 aromatic rings. The van der Waals surface area contributed by atoms with Gasteiger partial charge in [0.15, 0.2) is 0 Å². The van der Waals surface area contributed by atoms with E-state index in [-0.39, 0.29) is 13.1 Å². The van der Waals surface area contributed by atoms with E-state index in [0.717, 1.165) is 0 Å². The van der Waals surface area contributed by atoms with Gasteiger partial charge >= 0.3 is 0 Å². The van der Waals surface area contributed by atoms with Crippen LogP contribution in [0.5, 0.6) is 0 Å². The highest BCUT2D eigenvalue weighted by atomic mass is 19.0. The van der Waals surface area contributed by atoms with Crippen LogP contribution in [0.2, 0.25) is 0 Å². The Kier molecular flexibility index (Phi) is 8.55. The maximum atomic E-state index is 3.22. The lowest BCUT2D eigenvalue weighted by molar-refractivity contribution is 0.857. The Hall–Kier alpha value is -0.0451. The van der Waals surface area contributed by atoms with Crippen molar-refractivity contribution in [3.63, 3.8) is 0 Å². The molecule has 1 rings (SSSR count). The van der Waals surface area contributed by atoms with Gasteiger partial charge in [0, 0.05) is 0 Å². The van der Waals surface area contributed by atoms with E-state index in [2.05, 4.69) is 5.32 Å². The third-order valence-electron chi connectivity index (χ3n) is 0.957. The fourth-order valence-electron chi connectivity index (χ4n) is 0.625. The van der Waals surface area contributed by atoms with Gasteiger partial charge in [-0.25, -0.2) is 0 Å². The van der Waals surface area contributed by atoms with Gasteiger partial charge in [0.05, 0.1) is 8.41 Å². The molecule has 0 atom stereocenters. The number of nitrogens with one attached hydrogen (secondary N) is 1. The second-order valence-corrected chi connectivity index (χ2v) is 1.46. The zero-order valence-electron chi connectivity index (χ0n) is 3.74. The molecule has 0 aliphatic carbocycles. The Labute approximate surface area is 45.4 Å². The maximum absolute atomic E-state index is 3.22. The minimum atomic E-state index is 0. The third-order valence-corrected chi connectivity index (χ3v) is 0.957. The van der Waals surface area contributed by atoms with E-state index >= 15 is 0 Å². The molecule has 1 nitrogen and oxygen atoms in total. The molecule has 0 spiro atoms. The Bertz CT molecular complexity index is 23.3. The molecule has 44 valence electrons. The van der Waals surface area contributed by atoms with Gasteiger partial charge in [-0.15, -0.1) is 0 Å². The Morgan fingerprint density at radius 3 is 1.57 bits per heavy atom. The highest BCUT2D eigenvalue weighted by Crippen LogP contribution is 1.90. The van der Waals surface area contributed by atoms with E-state index in [1.165, 1.54) is 25.9 Å². The van der Waals surface area contributed by atoms with Gasteiger partial charge in [0.1, 0.15) is 0 Å². The molecular weight excluding hydrogens is 91.9 g/mol. The molecule has 0 bridgehead atoms. The van der Waals surface area contributed by atoms with E-state index in [1.54, 1.807) is 0 Å². The Morgan fingerprint density at radius 1 is 1.00 bits per heavy atom. The van der Waals surface area contributed by atoms with E-state index in [0.29, 0.717) is 0 Å². The molecule has 0 amide bonds. The molecule has 3 heteroatoms. The summed E-state index contributed by atoms with van der Waals surface area (Å²) in [6, 6.07) is 0.